The third kappa shape index (κ3) is 3.88. The molecule has 0 unspecified atom stereocenters. The Balaban J connectivity index is 1.93. The standard InChI is InChI=1S/C25H24ClNO3/c1-3-29-22-14-18-15-24(28)27(20-11-6-5-7-12-20)25(17-9-8-10-19(26)13-17)21(18)16-23(22)30-4-2/h5-14,16,25H,3-4,15H2,1-2H3/t25-/m1/s1. The predicted molar refractivity (Wildman–Crippen MR) is 120 cm³/mol. The van der Waals surface area contributed by atoms with E-state index in [2.05, 4.69) is 0 Å². The Labute approximate surface area is 182 Å². The molecule has 1 aliphatic heterocycles. The first-order valence-electron chi connectivity index (χ1n) is 10.2. The number of halogens is 1. The smallest absolute Gasteiger partial charge is 0.232 e. The molecule has 1 amide bonds. The summed E-state index contributed by atoms with van der Waals surface area (Å²) in [5.74, 6) is 1.39. The Morgan fingerprint density at radius 2 is 1.63 bits per heavy atom. The quantitative estimate of drug-likeness (QED) is 0.503. The maximum Gasteiger partial charge on any atom is 0.232 e. The summed E-state index contributed by atoms with van der Waals surface area (Å²) in [5.41, 5.74) is 3.77. The van der Waals surface area contributed by atoms with Crippen LogP contribution in [0, 0.1) is 0 Å². The second-order valence-electron chi connectivity index (χ2n) is 7.10. The average molecular weight is 422 g/mol. The minimum Gasteiger partial charge on any atom is -0.490 e. The van der Waals surface area contributed by atoms with Crippen molar-refractivity contribution >= 4 is 23.2 Å². The number of rotatable bonds is 6. The first-order valence-corrected chi connectivity index (χ1v) is 10.5. The normalized spacial score (nSPS) is 15.6. The maximum absolute atomic E-state index is 13.3. The Bertz CT molecular complexity index is 1050. The zero-order valence-electron chi connectivity index (χ0n) is 17.1. The number of ether oxygens (including phenoxy) is 2. The minimum atomic E-state index is -0.308. The largest absolute Gasteiger partial charge is 0.490 e. The average Bonchev–Trinajstić information content (AvgIpc) is 2.74. The molecule has 0 N–H and O–H groups in total. The van der Waals surface area contributed by atoms with E-state index in [1.807, 2.05) is 85.5 Å². The molecule has 4 rings (SSSR count). The molecule has 0 spiro atoms. The van der Waals surface area contributed by atoms with Crippen LogP contribution in [0.15, 0.2) is 66.7 Å². The highest BCUT2D eigenvalue weighted by Crippen LogP contribution is 2.43. The van der Waals surface area contributed by atoms with Crippen LogP contribution >= 0.6 is 11.6 Å². The summed E-state index contributed by atoms with van der Waals surface area (Å²) in [4.78, 5) is 15.2. The second kappa shape index (κ2) is 8.80. The van der Waals surface area contributed by atoms with Crippen LogP contribution in [0.3, 0.4) is 0 Å². The van der Waals surface area contributed by atoms with Crippen molar-refractivity contribution < 1.29 is 14.3 Å². The zero-order chi connectivity index (χ0) is 21.1. The molecule has 0 radical (unpaired) electrons. The van der Waals surface area contributed by atoms with Crippen molar-refractivity contribution in [1.82, 2.24) is 0 Å². The van der Waals surface area contributed by atoms with E-state index in [0.717, 1.165) is 22.4 Å². The van der Waals surface area contributed by atoms with Crippen LogP contribution in [0.5, 0.6) is 11.5 Å². The number of hydrogen-bond donors (Lipinski definition) is 0. The number of para-hydroxylation sites is 1. The lowest BCUT2D eigenvalue weighted by atomic mass is 9.87. The van der Waals surface area contributed by atoms with E-state index < -0.39 is 0 Å². The molecule has 3 aromatic carbocycles. The van der Waals surface area contributed by atoms with Gasteiger partial charge in [-0.15, -0.1) is 0 Å². The molecule has 1 heterocycles. The Morgan fingerprint density at radius 3 is 2.30 bits per heavy atom. The zero-order valence-corrected chi connectivity index (χ0v) is 17.9. The number of benzene rings is 3. The second-order valence-corrected chi connectivity index (χ2v) is 7.53. The van der Waals surface area contributed by atoms with Crippen molar-refractivity contribution in [3.05, 3.63) is 88.4 Å². The molecule has 0 saturated carbocycles. The van der Waals surface area contributed by atoms with Gasteiger partial charge in [0.25, 0.3) is 0 Å². The van der Waals surface area contributed by atoms with Gasteiger partial charge >= 0.3 is 0 Å². The van der Waals surface area contributed by atoms with Crippen molar-refractivity contribution in [2.45, 2.75) is 26.3 Å². The van der Waals surface area contributed by atoms with E-state index in [0.29, 0.717) is 36.2 Å². The van der Waals surface area contributed by atoms with Crippen molar-refractivity contribution in [2.24, 2.45) is 0 Å². The van der Waals surface area contributed by atoms with Crippen molar-refractivity contribution in [3.8, 4) is 11.5 Å². The molecule has 1 atom stereocenters. The lowest BCUT2D eigenvalue weighted by molar-refractivity contribution is -0.118. The van der Waals surface area contributed by atoms with Gasteiger partial charge in [0.2, 0.25) is 5.91 Å². The Kier molecular flexibility index (Phi) is 5.96. The third-order valence-electron chi connectivity index (χ3n) is 5.17. The monoisotopic (exact) mass is 421 g/mol. The van der Waals surface area contributed by atoms with Gasteiger partial charge in [0.05, 0.1) is 25.7 Å². The van der Waals surface area contributed by atoms with Gasteiger partial charge in [-0.1, -0.05) is 41.9 Å². The molecule has 0 aromatic heterocycles. The molecule has 0 saturated heterocycles. The highest BCUT2D eigenvalue weighted by molar-refractivity contribution is 6.30. The molecule has 0 fully saturated rings. The highest BCUT2D eigenvalue weighted by Gasteiger charge is 2.36. The van der Waals surface area contributed by atoms with Crippen molar-refractivity contribution in [3.63, 3.8) is 0 Å². The molecule has 30 heavy (non-hydrogen) atoms. The van der Waals surface area contributed by atoms with E-state index in [4.69, 9.17) is 21.1 Å². The van der Waals surface area contributed by atoms with Gasteiger partial charge in [0.1, 0.15) is 0 Å². The summed E-state index contributed by atoms with van der Waals surface area (Å²) in [6.07, 6.45) is 0.299. The summed E-state index contributed by atoms with van der Waals surface area (Å²) >= 11 is 6.32. The number of hydrogen-bond acceptors (Lipinski definition) is 3. The van der Waals surface area contributed by atoms with E-state index in [1.165, 1.54) is 0 Å². The predicted octanol–water partition coefficient (Wildman–Crippen LogP) is 5.82. The van der Waals surface area contributed by atoms with Crippen LogP contribution in [0.25, 0.3) is 0 Å². The third-order valence-corrected chi connectivity index (χ3v) is 5.40. The molecule has 5 heteroatoms. The van der Waals surface area contributed by atoms with Crippen molar-refractivity contribution in [2.75, 3.05) is 18.1 Å². The number of carbonyl (C=O) groups excluding carboxylic acids is 1. The minimum absolute atomic E-state index is 0.0327. The Morgan fingerprint density at radius 1 is 0.933 bits per heavy atom. The van der Waals surface area contributed by atoms with Gasteiger partial charge in [-0.05, 0) is 66.9 Å². The molecule has 3 aromatic rings. The number of carbonyl (C=O) groups is 1. The molecule has 4 nitrogen and oxygen atoms in total. The molecule has 0 bridgehead atoms. The van der Waals surface area contributed by atoms with Gasteiger partial charge in [-0.25, -0.2) is 0 Å². The van der Waals surface area contributed by atoms with Crippen LogP contribution in [0.2, 0.25) is 5.02 Å². The van der Waals surface area contributed by atoms with Gasteiger partial charge in [0, 0.05) is 10.7 Å². The Hall–Kier alpha value is -2.98. The molecule has 1 aliphatic rings. The van der Waals surface area contributed by atoms with Gasteiger partial charge in [0.15, 0.2) is 11.5 Å². The first kappa shape index (κ1) is 20.3. The SMILES string of the molecule is CCOc1cc2c(cc1OCC)[C@@H](c1cccc(Cl)c1)N(c1ccccc1)C(=O)C2. The van der Waals surface area contributed by atoms with Gasteiger partial charge < -0.3 is 14.4 Å². The van der Waals surface area contributed by atoms with E-state index >= 15 is 0 Å². The van der Waals surface area contributed by atoms with Crippen LogP contribution in [0.1, 0.15) is 36.6 Å². The van der Waals surface area contributed by atoms with E-state index in [9.17, 15) is 4.79 Å². The molecular formula is C25H24ClNO3. The fourth-order valence-electron chi connectivity index (χ4n) is 3.98. The summed E-state index contributed by atoms with van der Waals surface area (Å²) in [6.45, 7) is 4.94. The topological polar surface area (TPSA) is 38.8 Å². The number of amides is 1. The van der Waals surface area contributed by atoms with Crippen LogP contribution in [0.4, 0.5) is 5.69 Å². The summed E-state index contributed by atoms with van der Waals surface area (Å²) in [7, 11) is 0. The lowest BCUT2D eigenvalue weighted by Gasteiger charge is -2.38. The van der Waals surface area contributed by atoms with Crippen LogP contribution in [-0.2, 0) is 11.2 Å². The number of fused-ring (bicyclic) bond motifs is 1. The van der Waals surface area contributed by atoms with Crippen LogP contribution in [-0.4, -0.2) is 19.1 Å². The maximum atomic E-state index is 13.3. The molecule has 0 aliphatic carbocycles. The van der Waals surface area contributed by atoms with Crippen LogP contribution < -0.4 is 14.4 Å². The van der Waals surface area contributed by atoms with E-state index in [1.54, 1.807) is 0 Å². The van der Waals surface area contributed by atoms with E-state index in [-0.39, 0.29) is 11.9 Å². The fourth-order valence-corrected chi connectivity index (χ4v) is 4.18. The first-order chi connectivity index (χ1) is 14.6. The lowest BCUT2D eigenvalue weighted by Crippen LogP contribution is -2.41. The number of nitrogens with zero attached hydrogens (tertiary/aromatic N) is 1. The summed E-state index contributed by atoms with van der Waals surface area (Å²) < 4.78 is 11.7. The molecule has 154 valence electrons. The highest BCUT2D eigenvalue weighted by atomic mass is 35.5. The summed E-state index contributed by atoms with van der Waals surface area (Å²) in [6, 6.07) is 21.1. The summed E-state index contributed by atoms with van der Waals surface area (Å²) in [5, 5.41) is 0.635. The van der Waals surface area contributed by atoms with Gasteiger partial charge in [-0.2, -0.15) is 0 Å². The van der Waals surface area contributed by atoms with Crippen molar-refractivity contribution in [1.29, 1.82) is 0 Å². The molecular weight excluding hydrogens is 398 g/mol. The number of anilines is 1. The fraction of sp³-hybridized carbons (Fsp3) is 0.240. The van der Waals surface area contributed by atoms with Gasteiger partial charge in [-0.3, -0.25) is 4.79 Å².